The number of nitrogens with one attached hydrogen (secondary N) is 1. The zero-order valence-electron chi connectivity index (χ0n) is 14.4. The van der Waals surface area contributed by atoms with Crippen LogP contribution < -0.4 is 5.32 Å². The summed E-state index contributed by atoms with van der Waals surface area (Å²) < 4.78 is 23.4. The molecule has 132 valence electrons. The molecule has 0 bridgehead atoms. The Balaban J connectivity index is 0.00000441. The average molecular weight is 446 g/mol. The van der Waals surface area contributed by atoms with Crippen molar-refractivity contribution in [3.63, 3.8) is 0 Å². The fraction of sp³-hybridized carbons (Fsp3) is 0.929. The van der Waals surface area contributed by atoms with E-state index in [9.17, 15) is 8.42 Å². The van der Waals surface area contributed by atoms with Gasteiger partial charge in [0.05, 0.1) is 10.5 Å². The zero-order valence-corrected chi connectivity index (χ0v) is 17.6. The largest absolute Gasteiger partial charge is 0.355 e. The smallest absolute Gasteiger partial charge is 0.193 e. The molecule has 1 rings (SSSR count). The van der Waals surface area contributed by atoms with Crippen LogP contribution in [0.2, 0.25) is 0 Å². The molecule has 0 saturated carbocycles. The number of guanidine groups is 1. The fourth-order valence-corrected chi connectivity index (χ4v) is 3.89. The first-order valence-electron chi connectivity index (χ1n) is 7.67. The van der Waals surface area contributed by atoms with E-state index in [1.807, 2.05) is 4.90 Å². The predicted molar refractivity (Wildman–Crippen MR) is 104 cm³/mol. The Morgan fingerprint density at radius 1 is 1.32 bits per heavy atom. The van der Waals surface area contributed by atoms with Crippen LogP contribution in [0.5, 0.6) is 0 Å². The van der Waals surface area contributed by atoms with E-state index in [4.69, 9.17) is 0 Å². The maximum atomic E-state index is 12.0. The lowest BCUT2D eigenvalue weighted by molar-refractivity contribution is 0.303. The van der Waals surface area contributed by atoms with E-state index in [0.29, 0.717) is 13.1 Å². The Labute approximate surface area is 152 Å². The van der Waals surface area contributed by atoms with E-state index < -0.39 is 14.6 Å². The van der Waals surface area contributed by atoms with Crippen molar-refractivity contribution in [1.29, 1.82) is 0 Å². The van der Waals surface area contributed by atoms with E-state index >= 15 is 0 Å². The highest BCUT2D eigenvalue weighted by Crippen LogP contribution is 2.23. The van der Waals surface area contributed by atoms with Crippen molar-refractivity contribution < 1.29 is 8.42 Å². The molecule has 1 aliphatic heterocycles. The van der Waals surface area contributed by atoms with Crippen molar-refractivity contribution in [1.82, 2.24) is 15.1 Å². The second-order valence-corrected chi connectivity index (χ2v) is 8.74. The molecule has 1 fully saturated rings. The molecule has 1 N–H and O–H groups in total. The minimum absolute atomic E-state index is 0. The molecule has 6 nitrogen and oxygen atoms in total. The number of likely N-dealkylation sites (N-methyl/N-ethyl adjacent to an activating group) is 1. The Morgan fingerprint density at radius 2 is 1.91 bits per heavy atom. The second-order valence-electron chi connectivity index (χ2n) is 6.00. The first-order valence-corrected chi connectivity index (χ1v) is 9.33. The molecule has 0 aliphatic carbocycles. The first-order chi connectivity index (χ1) is 9.77. The zero-order chi connectivity index (χ0) is 16.1. The third-order valence-electron chi connectivity index (χ3n) is 4.16. The molecule has 1 aliphatic rings. The summed E-state index contributed by atoms with van der Waals surface area (Å²) in [5.74, 6) is 0.988. The van der Waals surface area contributed by atoms with Crippen LogP contribution in [0.25, 0.3) is 0 Å². The van der Waals surface area contributed by atoms with Gasteiger partial charge in [0.2, 0.25) is 0 Å². The highest BCUT2D eigenvalue weighted by Gasteiger charge is 2.40. The van der Waals surface area contributed by atoms with Crippen molar-refractivity contribution in [2.45, 2.75) is 32.4 Å². The van der Waals surface area contributed by atoms with E-state index in [1.54, 1.807) is 20.9 Å². The molecule has 0 unspecified atom stereocenters. The summed E-state index contributed by atoms with van der Waals surface area (Å²) in [5.41, 5.74) is 0. The van der Waals surface area contributed by atoms with Crippen LogP contribution in [0.4, 0.5) is 0 Å². The number of aliphatic imine (C=N–C) groups is 1. The van der Waals surface area contributed by atoms with Crippen LogP contribution in [0, 0.1) is 0 Å². The SMILES string of the molecule is CCN(CC)CCNC(=NC)N1CCS(=O)(=O)C(C)(C)C1.I. The lowest BCUT2D eigenvalue weighted by Gasteiger charge is -2.39. The summed E-state index contributed by atoms with van der Waals surface area (Å²) in [7, 11) is -1.26. The van der Waals surface area contributed by atoms with Crippen molar-refractivity contribution in [3.8, 4) is 0 Å². The molecule has 8 heteroatoms. The highest BCUT2D eigenvalue weighted by molar-refractivity contribution is 14.0. The third-order valence-corrected chi connectivity index (χ3v) is 6.69. The highest BCUT2D eigenvalue weighted by atomic mass is 127. The van der Waals surface area contributed by atoms with Gasteiger partial charge in [0.15, 0.2) is 15.8 Å². The molecule has 0 spiro atoms. The molecule has 0 atom stereocenters. The number of rotatable bonds is 5. The third kappa shape index (κ3) is 5.52. The van der Waals surface area contributed by atoms with Gasteiger partial charge < -0.3 is 15.1 Å². The van der Waals surface area contributed by atoms with E-state index in [2.05, 4.69) is 29.1 Å². The van der Waals surface area contributed by atoms with Gasteiger partial charge in [-0.25, -0.2) is 8.42 Å². The monoisotopic (exact) mass is 446 g/mol. The molecule has 1 saturated heterocycles. The Bertz CT molecular complexity index is 461. The molecular weight excluding hydrogens is 415 g/mol. The quantitative estimate of drug-likeness (QED) is 0.388. The molecule has 22 heavy (non-hydrogen) atoms. The van der Waals surface area contributed by atoms with Crippen LogP contribution >= 0.6 is 24.0 Å². The van der Waals surface area contributed by atoms with E-state index in [1.165, 1.54) is 0 Å². The number of nitrogens with zero attached hydrogens (tertiary/aromatic N) is 3. The number of halogens is 1. The summed E-state index contributed by atoms with van der Waals surface area (Å²) in [6.45, 7) is 12.7. The standard InChI is InChI=1S/C14H30N4O2S.HI/c1-6-17(7-2)9-8-16-13(15-5)18-10-11-21(19,20)14(3,4)12-18;/h6-12H2,1-5H3,(H,15,16);1H. The van der Waals surface area contributed by atoms with E-state index in [0.717, 1.165) is 32.1 Å². The van der Waals surface area contributed by atoms with Crippen LogP contribution in [0.1, 0.15) is 27.7 Å². The van der Waals surface area contributed by atoms with Crippen molar-refractivity contribution in [3.05, 3.63) is 0 Å². The van der Waals surface area contributed by atoms with Gasteiger partial charge in [-0.1, -0.05) is 13.8 Å². The molecule has 0 aromatic rings. The van der Waals surface area contributed by atoms with Crippen LogP contribution in [0.15, 0.2) is 4.99 Å². The van der Waals surface area contributed by atoms with Gasteiger partial charge in [-0.2, -0.15) is 0 Å². The minimum atomic E-state index is -3.01. The van der Waals surface area contributed by atoms with Crippen molar-refractivity contribution in [2.24, 2.45) is 4.99 Å². The average Bonchev–Trinajstić information content (AvgIpc) is 2.43. The minimum Gasteiger partial charge on any atom is -0.355 e. The summed E-state index contributed by atoms with van der Waals surface area (Å²) in [6.07, 6.45) is 0. The predicted octanol–water partition coefficient (Wildman–Crippen LogP) is 1.03. The number of hydrogen-bond acceptors (Lipinski definition) is 4. The summed E-state index contributed by atoms with van der Waals surface area (Å²) >= 11 is 0. The Morgan fingerprint density at radius 3 is 2.36 bits per heavy atom. The molecule has 1 heterocycles. The van der Waals surface area contributed by atoms with Gasteiger partial charge in [0.1, 0.15) is 0 Å². The fourth-order valence-electron chi connectivity index (χ4n) is 2.52. The Kier molecular flexibility index (Phi) is 9.23. The normalized spacial score (nSPS) is 20.6. The van der Waals surface area contributed by atoms with Gasteiger partial charge in [-0.05, 0) is 26.9 Å². The Hall–Kier alpha value is -0.0900. The number of hydrogen-bond donors (Lipinski definition) is 1. The molecular formula is C14H31IN4O2S. The summed E-state index contributed by atoms with van der Waals surface area (Å²) in [4.78, 5) is 8.67. The lowest BCUT2D eigenvalue weighted by Crippen LogP contribution is -2.57. The molecule has 0 aromatic carbocycles. The molecule has 0 aromatic heterocycles. The van der Waals surface area contributed by atoms with Crippen LogP contribution in [-0.4, -0.2) is 81.0 Å². The second kappa shape index (κ2) is 9.27. The maximum Gasteiger partial charge on any atom is 0.193 e. The van der Waals surface area contributed by atoms with Crippen molar-refractivity contribution >= 4 is 39.8 Å². The van der Waals surface area contributed by atoms with Gasteiger partial charge in [0, 0.05) is 33.2 Å². The molecule has 0 amide bonds. The van der Waals surface area contributed by atoms with Gasteiger partial charge >= 0.3 is 0 Å². The van der Waals surface area contributed by atoms with Crippen LogP contribution in [0.3, 0.4) is 0 Å². The van der Waals surface area contributed by atoms with Gasteiger partial charge in [-0.15, -0.1) is 24.0 Å². The topological polar surface area (TPSA) is 65.0 Å². The van der Waals surface area contributed by atoms with Gasteiger partial charge in [-0.3, -0.25) is 4.99 Å². The first kappa shape index (κ1) is 21.9. The summed E-state index contributed by atoms with van der Waals surface area (Å²) in [6, 6.07) is 0. The van der Waals surface area contributed by atoms with Gasteiger partial charge in [0.25, 0.3) is 0 Å². The van der Waals surface area contributed by atoms with Crippen molar-refractivity contribution in [2.75, 3.05) is 52.1 Å². The maximum absolute atomic E-state index is 12.0. The molecule has 0 radical (unpaired) electrons. The van der Waals surface area contributed by atoms with Crippen LogP contribution in [-0.2, 0) is 9.84 Å². The summed E-state index contributed by atoms with van der Waals surface area (Å²) in [5, 5.41) is 3.34. The lowest BCUT2D eigenvalue weighted by atomic mass is 10.2. The number of sulfone groups is 1. The van der Waals surface area contributed by atoms with E-state index in [-0.39, 0.29) is 29.7 Å².